The van der Waals surface area contributed by atoms with Crippen LogP contribution in [0.1, 0.15) is 0 Å². The Morgan fingerprint density at radius 2 is 1.88 bits per heavy atom. The Morgan fingerprint density at radius 1 is 1.12 bits per heavy atom. The molecule has 7 heteroatoms. The summed E-state index contributed by atoms with van der Waals surface area (Å²) in [5.41, 5.74) is 2.01. The van der Waals surface area contributed by atoms with Gasteiger partial charge in [-0.05, 0) is 23.6 Å². The highest BCUT2D eigenvalue weighted by Gasteiger charge is 2.32. The van der Waals surface area contributed by atoms with Crippen LogP contribution in [0.25, 0.3) is 10.9 Å². The van der Waals surface area contributed by atoms with Gasteiger partial charge >= 0.3 is 11.9 Å². The van der Waals surface area contributed by atoms with Gasteiger partial charge in [0, 0.05) is 24.4 Å². The van der Waals surface area contributed by atoms with Crippen LogP contribution in [0.15, 0.2) is 41.7 Å². The van der Waals surface area contributed by atoms with Gasteiger partial charge in [0.05, 0.1) is 26.4 Å². The molecule has 1 aliphatic rings. The number of methoxy groups -OCH3 is 2. The molecule has 2 heterocycles. The first-order valence-corrected chi connectivity index (χ1v) is 7.37. The molecule has 0 unspecified atom stereocenters. The predicted molar refractivity (Wildman–Crippen MR) is 87.3 cm³/mol. The Labute approximate surface area is 139 Å². The van der Waals surface area contributed by atoms with Gasteiger partial charge in [0.1, 0.15) is 12.4 Å². The van der Waals surface area contributed by atoms with Crippen LogP contribution in [-0.4, -0.2) is 44.1 Å². The second-order valence-corrected chi connectivity index (χ2v) is 5.39. The molecule has 0 atom stereocenters. The van der Waals surface area contributed by atoms with Crippen molar-refractivity contribution in [3.63, 3.8) is 0 Å². The third-order valence-electron chi connectivity index (χ3n) is 4.02. The second-order valence-electron chi connectivity index (χ2n) is 5.39. The van der Waals surface area contributed by atoms with Gasteiger partial charge in [-0.15, -0.1) is 0 Å². The highest BCUT2D eigenvalue weighted by atomic mass is 16.5. The highest BCUT2D eigenvalue weighted by Crippen LogP contribution is 2.29. The molecule has 0 N–H and O–H groups in total. The van der Waals surface area contributed by atoms with Gasteiger partial charge in [-0.1, -0.05) is 6.07 Å². The van der Waals surface area contributed by atoms with Crippen LogP contribution >= 0.6 is 0 Å². The van der Waals surface area contributed by atoms with E-state index in [-0.39, 0.29) is 24.6 Å². The molecule has 126 valence electrons. The molecule has 3 rings (SSSR count). The lowest BCUT2D eigenvalue weighted by Gasteiger charge is -2.31. The number of esters is 2. The summed E-state index contributed by atoms with van der Waals surface area (Å²) in [6.07, 6.45) is 1.96. The fourth-order valence-electron chi connectivity index (χ4n) is 2.77. The summed E-state index contributed by atoms with van der Waals surface area (Å²) in [6.45, 7) is 0.140. The summed E-state index contributed by atoms with van der Waals surface area (Å²) in [4.78, 5) is 25.9. The molecule has 0 amide bonds. The zero-order chi connectivity index (χ0) is 17.3. The van der Waals surface area contributed by atoms with E-state index >= 15 is 0 Å². The number of fused-ring (bicyclic) bond motifs is 1. The summed E-state index contributed by atoms with van der Waals surface area (Å²) in [5, 5.41) is 1.08. The quantitative estimate of drug-likeness (QED) is 0.796. The van der Waals surface area contributed by atoms with E-state index in [0.29, 0.717) is 0 Å². The first kappa shape index (κ1) is 16.1. The Bertz CT molecular complexity index is 837. The first-order valence-electron chi connectivity index (χ1n) is 7.37. The van der Waals surface area contributed by atoms with E-state index < -0.39 is 11.9 Å². The molecule has 0 bridgehead atoms. The van der Waals surface area contributed by atoms with Gasteiger partial charge in [0.15, 0.2) is 0 Å². The zero-order valence-corrected chi connectivity index (χ0v) is 13.7. The topological polar surface area (TPSA) is 70.0 Å². The molecule has 1 aromatic carbocycles. The number of carbonyl (C=O) groups excluding carboxylic acids is 2. The lowest BCUT2D eigenvalue weighted by Crippen LogP contribution is -2.38. The van der Waals surface area contributed by atoms with Gasteiger partial charge in [-0.25, -0.2) is 9.59 Å². The van der Waals surface area contributed by atoms with E-state index in [4.69, 9.17) is 14.2 Å². The summed E-state index contributed by atoms with van der Waals surface area (Å²) in [5.74, 6) is -1.22. The SMILES string of the molecule is COC(=O)C1=C(C(=O)OC)N(c2ccc3ccn(C)c3c2)COC1. The van der Waals surface area contributed by atoms with Gasteiger partial charge < -0.3 is 23.7 Å². The predicted octanol–water partition coefficient (Wildman–Crippen LogP) is 1.57. The van der Waals surface area contributed by atoms with Crippen molar-refractivity contribution >= 4 is 28.5 Å². The highest BCUT2D eigenvalue weighted by molar-refractivity contribution is 6.03. The van der Waals surface area contributed by atoms with Crippen molar-refractivity contribution in [1.29, 1.82) is 0 Å². The number of hydrogen-bond acceptors (Lipinski definition) is 6. The Hall–Kier alpha value is -2.80. The minimum absolute atomic E-state index is 0.00000567. The van der Waals surface area contributed by atoms with Crippen molar-refractivity contribution in [3.8, 4) is 0 Å². The van der Waals surface area contributed by atoms with E-state index in [1.165, 1.54) is 14.2 Å². The molecule has 1 aromatic heterocycles. The molecular formula is C17H18N2O5. The molecule has 0 saturated heterocycles. The van der Waals surface area contributed by atoms with Crippen molar-refractivity contribution in [1.82, 2.24) is 4.57 Å². The van der Waals surface area contributed by atoms with E-state index in [9.17, 15) is 9.59 Å². The third kappa shape index (κ3) is 2.63. The molecule has 2 aromatic rings. The van der Waals surface area contributed by atoms with E-state index in [1.54, 1.807) is 4.90 Å². The average molecular weight is 330 g/mol. The summed E-state index contributed by atoms with van der Waals surface area (Å²) >= 11 is 0. The molecule has 0 fully saturated rings. The lowest BCUT2D eigenvalue weighted by molar-refractivity contribution is -0.140. The van der Waals surface area contributed by atoms with E-state index in [0.717, 1.165) is 16.6 Å². The van der Waals surface area contributed by atoms with Gasteiger partial charge in [0.25, 0.3) is 0 Å². The fourth-order valence-corrected chi connectivity index (χ4v) is 2.77. The Morgan fingerprint density at radius 3 is 2.58 bits per heavy atom. The molecule has 0 radical (unpaired) electrons. The van der Waals surface area contributed by atoms with Crippen molar-refractivity contribution in [2.45, 2.75) is 0 Å². The number of carbonyl (C=O) groups is 2. The summed E-state index contributed by atoms with van der Waals surface area (Å²) in [6, 6.07) is 7.76. The molecule has 0 saturated carbocycles. The van der Waals surface area contributed by atoms with Gasteiger partial charge in [-0.2, -0.15) is 0 Å². The van der Waals surface area contributed by atoms with Crippen LogP contribution in [0.5, 0.6) is 0 Å². The fraction of sp³-hybridized carbons (Fsp3) is 0.294. The number of hydrogen-bond donors (Lipinski definition) is 0. The molecular weight excluding hydrogens is 312 g/mol. The molecule has 0 spiro atoms. The number of rotatable bonds is 3. The average Bonchev–Trinajstić information content (AvgIpc) is 3.00. The second kappa shape index (κ2) is 6.37. The van der Waals surface area contributed by atoms with Crippen LogP contribution in [0.3, 0.4) is 0 Å². The number of aromatic nitrogens is 1. The van der Waals surface area contributed by atoms with Crippen molar-refractivity contribution in [2.24, 2.45) is 7.05 Å². The van der Waals surface area contributed by atoms with Crippen LogP contribution < -0.4 is 4.90 Å². The normalized spacial score (nSPS) is 14.9. The monoisotopic (exact) mass is 330 g/mol. The minimum atomic E-state index is -0.611. The van der Waals surface area contributed by atoms with Crippen LogP contribution in [-0.2, 0) is 30.8 Å². The smallest absolute Gasteiger partial charge is 0.355 e. The van der Waals surface area contributed by atoms with Crippen LogP contribution in [0.4, 0.5) is 5.69 Å². The van der Waals surface area contributed by atoms with Crippen LogP contribution in [0, 0.1) is 0 Å². The summed E-state index contributed by atoms with van der Waals surface area (Å²) < 4.78 is 17.1. The largest absolute Gasteiger partial charge is 0.466 e. The maximum absolute atomic E-state index is 12.3. The van der Waals surface area contributed by atoms with Crippen LogP contribution in [0.2, 0.25) is 0 Å². The summed E-state index contributed by atoms with van der Waals surface area (Å²) in [7, 11) is 4.48. The molecule has 24 heavy (non-hydrogen) atoms. The maximum Gasteiger partial charge on any atom is 0.355 e. The number of benzene rings is 1. The third-order valence-corrected chi connectivity index (χ3v) is 4.02. The Balaban J connectivity index is 2.13. The number of anilines is 1. The standard InChI is InChI=1S/C17H18N2O5/c1-18-7-6-11-4-5-12(8-14(11)18)19-10-24-9-13(16(20)22-2)15(19)17(21)23-3/h4-8H,9-10H2,1-3H3. The first-order chi connectivity index (χ1) is 11.6. The number of nitrogens with zero attached hydrogens (tertiary/aromatic N) is 2. The van der Waals surface area contributed by atoms with Crippen molar-refractivity contribution in [3.05, 3.63) is 41.7 Å². The van der Waals surface area contributed by atoms with Crippen molar-refractivity contribution in [2.75, 3.05) is 32.5 Å². The van der Waals surface area contributed by atoms with E-state index in [1.807, 2.05) is 42.1 Å². The van der Waals surface area contributed by atoms with Crippen molar-refractivity contribution < 1.29 is 23.8 Å². The number of aryl methyl sites for hydroxylation is 1. The van der Waals surface area contributed by atoms with Gasteiger partial charge in [0.2, 0.25) is 0 Å². The Kier molecular flexibility index (Phi) is 4.26. The minimum Gasteiger partial charge on any atom is -0.466 e. The van der Waals surface area contributed by atoms with Gasteiger partial charge in [-0.3, -0.25) is 0 Å². The van der Waals surface area contributed by atoms with E-state index in [2.05, 4.69) is 0 Å². The zero-order valence-electron chi connectivity index (χ0n) is 13.7. The number of ether oxygens (including phenoxy) is 3. The molecule has 0 aliphatic carbocycles. The molecule has 1 aliphatic heterocycles. The molecule has 7 nitrogen and oxygen atoms in total. The maximum atomic E-state index is 12.3. The lowest BCUT2D eigenvalue weighted by atomic mass is 10.1.